The molecule has 228 valence electrons. The summed E-state index contributed by atoms with van der Waals surface area (Å²) < 4.78 is 85.0. The molecule has 0 saturated carbocycles. The molecule has 0 aliphatic carbocycles. The van der Waals surface area contributed by atoms with Crippen molar-refractivity contribution in [3.8, 4) is 44.5 Å². The van der Waals surface area contributed by atoms with Crippen molar-refractivity contribution in [2.45, 2.75) is 0 Å². The van der Waals surface area contributed by atoms with Gasteiger partial charge < -0.3 is 4.42 Å². The average molecular weight is 632 g/mol. The fraction of sp³-hybridized carbons (Fsp3) is 0. The second-order valence-corrected chi connectivity index (χ2v) is 12.2. The van der Waals surface area contributed by atoms with Crippen LogP contribution in [-0.4, -0.2) is 0 Å². The van der Waals surface area contributed by atoms with Crippen LogP contribution in [0.25, 0.3) is 98.8 Å². The normalized spacial score (nSPS) is 14.2. The molecule has 0 amide bonds. The number of rotatable bonds is 4. The minimum absolute atomic E-state index is 0.0415. The molecular formula is C48H30O. The zero-order chi connectivity index (χ0) is 40.1. The van der Waals surface area contributed by atoms with Crippen LogP contribution in [0.5, 0.6) is 0 Å². The molecule has 0 radical (unpaired) electrons. The van der Waals surface area contributed by atoms with E-state index >= 15 is 0 Å². The largest absolute Gasteiger partial charge is 0.456 e. The molecule has 0 N–H and O–H groups in total. The Bertz CT molecular complexity index is 3300. The molecule has 0 saturated heterocycles. The maximum atomic E-state index is 9.56. The Kier molecular flexibility index (Phi) is 4.53. The molecule has 9 aromatic carbocycles. The molecule has 1 heterocycles. The van der Waals surface area contributed by atoms with E-state index in [2.05, 4.69) is 48.5 Å². The Hall–Kier alpha value is -6.44. The second-order valence-electron chi connectivity index (χ2n) is 12.2. The van der Waals surface area contributed by atoms with Gasteiger partial charge in [0.2, 0.25) is 0 Å². The van der Waals surface area contributed by atoms with Gasteiger partial charge >= 0.3 is 0 Å². The first-order valence-electron chi connectivity index (χ1n) is 20.6. The smallest absolute Gasteiger partial charge is 0.136 e. The van der Waals surface area contributed by atoms with Crippen molar-refractivity contribution in [1.29, 1.82) is 0 Å². The summed E-state index contributed by atoms with van der Waals surface area (Å²) in [6, 6.07) is 37.8. The second kappa shape index (κ2) is 11.1. The maximum absolute atomic E-state index is 9.56. The van der Waals surface area contributed by atoms with E-state index < -0.39 is 42.3 Å². The molecule has 0 bridgehead atoms. The summed E-state index contributed by atoms with van der Waals surface area (Å²) in [5.41, 5.74) is 5.54. The van der Waals surface area contributed by atoms with Crippen molar-refractivity contribution in [2.75, 3.05) is 0 Å². The molecule has 1 nitrogen and oxygen atoms in total. The van der Waals surface area contributed by atoms with Gasteiger partial charge in [-0.1, -0.05) is 145 Å². The van der Waals surface area contributed by atoms with Crippen LogP contribution >= 0.6 is 0 Å². The van der Waals surface area contributed by atoms with E-state index in [1.165, 1.54) is 0 Å². The first-order chi connectivity index (χ1) is 28.0. The molecular weight excluding hydrogens is 593 g/mol. The Labute approximate surface area is 297 Å². The minimum Gasteiger partial charge on any atom is -0.456 e. The van der Waals surface area contributed by atoms with Gasteiger partial charge in [-0.25, -0.2) is 0 Å². The van der Waals surface area contributed by atoms with Crippen LogP contribution in [0.2, 0.25) is 0 Å². The maximum Gasteiger partial charge on any atom is 0.136 e. The highest BCUT2D eigenvalue weighted by atomic mass is 16.3. The quantitative estimate of drug-likeness (QED) is 0.176. The van der Waals surface area contributed by atoms with E-state index in [9.17, 15) is 2.74 Å². The van der Waals surface area contributed by atoms with Gasteiger partial charge in [-0.3, -0.25) is 0 Å². The fourth-order valence-corrected chi connectivity index (χ4v) is 7.16. The van der Waals surface area contributed by atoms with Crippen LogP contribution in [0, 0.1) is 0 Å². The number of hydrogen-bond donors (Lipinski definition) is 0. The van der Waals surface area contributed by atoms with Crippen LogP contribution in [0.1, 0.15) is 12.3 Å². The summed E-state index contributed by atoms with van der Waals surface area (Å²) in [5.74, 6) is 0. The van der Waals surface area contributed by atoms with E-state index in [-0.39, 0.29) is 28.8 Å². The Balaban J connectivity index is 1.24. The lowest BCUT2D eigenvalue weighted by Crippen LogP contribution is -1.91. The molecule has 0 aliphatic heterocycles. The summed E-state index contributed by atoms with van der Waals surface area (Å²) in [4.78, 5) is 0. The van der Waals surface area contributed by atoms with Gasteiger partial charge in [0.25, 0.3) is 0 Å². The molecule has 0 fully saturated rings. The number of furan rings is 1. The first-order valence-corrected chi connectivity index (χ1v) is 16.1. The van der Waals surface area contributed by atoms with Crippen LogP contribution in [-0.2, 0) is 0 Å². The van der Waals surface area contributed by atoms with Crippen molar-refractivity contribution in [1.82, 2.24) is 0 Å². The monoisotopic (exact) mass is 631 g/mol. The molecule has 10 rings (SSSR count). The van der Waals surface area contributed by atoms with E-state index in [0.717, 1.165) is 65.7 Å². The summed E-state index contributed by atoms with van der Waals surface area (Å²) in [6.45, 7) is 0. The van der Waals surface area contributed by atoms with Crippen LogP contribution in [0.15, 0.2) is 186 Å². The van der Waals surface area contributed by atoms with Crippen LogP contribution < -0.4 is 0 Å². The summed E-state index contributed by atoms with van der Waals surface area (Å²) in [7, 11) is 0. The zero-order valence-electron chi connectivity index (χ0n) is 35.0. The van der Waals surface area contributed by atoms with Crippen LogP contribution in [0.4, 0.5) is 0 Å². The topological polar surface area (TPSA) is 13.1 Å². The van der Waals surface area contributed by atoms with Crippen LogP contribution in [0.3, 0.4) is 0 Å². The van der Waals surface area contributed by atoms with Gasteiger partial charge in [0.1, 0.15) is 11.2 Å². The van der Waals surface area contributed by atoms with Gasteiger partial charge in [-0.15, -0.1) is 0 Å². The van der Waals surface area contributed by atoms with Crippen molar-refractivity contribution in [2.24, 2.45) is 0 Å². The molecule has 10 aromatic rings. The van der Waals surface area contributed by atoms with Crippen molar-refractivity contribution in [3.05, 3.63) is 182 Å². The zero-order valence-corrected chi connectivity index (χ0v) is 26.0. The summed E-state index contributed by atoms with van der Waals surface area (Å²) in [6.07, 6.45) is 0. The van der Waals surface area contributed by atoms with Gasteiger partial charge in [0.15, 0.2) is 0 Å². The number of hydrogen-bond acceptors (Lipinski definition) is 1. The van der Waals surface area contributed by atoms with Gasteiger partial charge in [0.05, 0.1) is 12.3 Å². The standard InChI is InChI=1S/C48H30O/c1-3-12-31(13-4-1)33-16-11-17-36(26-33)47-39-18-7-9-20-41(39)48(42-21-10-8-19-40(42)47)37-24-25-45-43(28-37)44-29-38-27-34(32-14-5-2-6-15-32)22-23-35(38)30-46(44)49-45/h1-30H/i1D,3D,4D,11D,12D,13D,16D,17D,26D. The average Bonchev–Trinajstić information content (AvgIpc) is 3.60. The lowest BCUT2D eigenvalue weighted by molar-refractivity contribution is 0.669. The van der Waals surface area contributed by atoms with Gasteiger partial charge in [-0.05, 0) is 113 Å². The van der Waals surface area contributed by atoms with Gasteiger partial charge in [-0.2, -0.15) is 0 Å². The van der Waals surface area contributed by atoms with E-state index in [0.29, 0.717) is 16.3 Å². The third kappa shape index (κ3) is 4.55. The molecule has 1 heteroatoms. The SMILES string of the molecule is [2H]c1c([2H])c([2H])c(-c2c([2H])c([2H])c([2H])c(-c3c4ccccc4c(-c4ccc5oc6cc7ccc(-c8ccccc8)cc7cc6c5c4)c4ccccc34)c2[2H])c([2H])c1[2H]. The highest BCUT2D eigenvalue weighted by molar-refractivity contribution is 6.22. The fourth-order valence-electron chi connectivity index (χ4n) is 7.16. The van der Waals surface area contributed by atoms with Crippen molar-refractivity contribution >= 4 is 54.3 Å². The Morgan fingerprint density at radius 2 is 0.959 bits per heavy atom. The molecule has 49 heavy (non-hydrogen) atoms. The first kappa shape index (κ1) is 20.0. The third-order valence-corrected chi connectivity index (χ3v) is 9.38. The van der Waals surface area contributed by atoms with E-state index in [1.54, 1.807) is 0 Å². The molecule has 0 spiro atoms. The van der Waals surface area contributed by atoms with Crippen molar-refractivity contribution in [3.63, 3.8) is 0 Å². The Morgan fingerprint density at radius 1 is 0.347 bits per heavy atom. The minimum atomic E-state index is -0.606. The van der Waals surface area contributed by atoms with E-state index in [4.69, 9.17) is 14.0 Å². The predicted octanol–water partition coefficient (Wildman–Crippen LogP) is 13.7. The highest BCUT2D eigenvalue weighted by Gasteiger charge is 2.18. The molecule has 0 atom stereocenters. The van der Waals surface area contributed by atoms with E-state index in [1.807, 2.05) is 78.9 Å². The number of benzene rings is 9. The summed E-state index contributed by atoms with van der Waals surface area (Å²) in [5, 5.41) is 7.14. The summed E-state index contributed by atoms with van der Waals surface area (Å²) >= 11 is 0. The Morgan fingerprint density at radius 3 is 1.69 bits per heavy atom. The molecule has 0 aliphatic rings. The van der Waals surface area contributed by atoms with Crippen molar-refractivity contribution < 1.29 is 16.8 Å². The lowest BCUT2D eigenvalue weighted by atomic mass is 9.85. The number of fused-ring (bicyclic) bond motifs is 6. The lowest BCUT2D eigenvalue weighted by Gasteiger charge is -2.18. The van der Waals surface area contributed by atoms with Gasteiger partial charge in [0, 0.05) is 10.8 Å². The highest BCUT2D eigenvalue weighted by Crippen LogP contribution is 2.45. The molecule has 1 aromatic heterocycles. The molecule has 0 unspecified atom stereocenters. The third-order valence-electron chi connectivity index (χ3n) is 9.38. The predicted molar refractivity (Wildman–Crippen MR) is 208 cm³/mol.